The number of nitrogens with one attached hydrogen (secondary N) is 2. The molecule has 0 unspecified atom stereocenters. The Kier molecular flexibility index (Phi) is 7.28. The average molecular weight is 452 g/mol. The zero-order chi connectivity index (χ0) is 25.4. The van der Waals surface area contributed by atoms with E-state index in [1.807, 2.05) is 6.07 Å². The number of aryl methyl sites for hydroxylation is 1. The molecule has 12 radical (unpaired) electrons. The number of amides is 1. The number of aromatic nitrogens is 3. The van der Waals surface area contributed by atoms with Crippen LogP contribution in [0.5, 0.6) is 0 Å². The number of anilines is 1. The fourth-order valence-corrected chi connectivity index (χ4v) is 4.44. The van der Waals surface area contributed by atoms with Gasteiger partial charge in [0.25, 0.3) is 0 Å². The van der Waals surface area contributed by atoms with Crippen LogP contribution in [0.2, 0.25) is 10.2 Å². The largest absolute Gasteiger partial charge is 0.441 e. The first-order valence-corrected chi connectivity index (χ1v) is 11.4. The average Bonchev–Trinajstić information content (AvgIpc) is 3.22. The van der Waals surface area contributed by atoms with Gasteiger partial charge in [-0.3, -0.25) is 9.78 Å². The first-order chi connectivity index (χ1) is 16.4. The summed E-state index contributed by atoms with van der Waals surface area (Å²) >= 11 is 0. The number of hydrogen-bond donors (Lipinski definition) is 2. The minimum atomic E-state index is -1.70. The van der Waals surface area contributed by atoms with Gasteiger partial charge < -0.3 is 15.1 Å². The van der Waals surface area contributed by atoms with Gasteiger partial charge in [-0.25, -0.2) is 9.97 Å². The molecule has 1 aliphatic rings. The zero-order valence-electron chi connectivity index (χ0n) is 19.6. The Morgan fingerprint density at radius 3 is 2.26 bits per heavy atom. The fraction of sp³-hybridized carbons (Fsp3) is 0.455. The molecule has 0 atom stereocenters. The Hall–Kier alpha value is -2.41. The van der Waals surface area contributed by atoms with E-state index in [2.05, 4.69) is 25.6 Å². The van der Waals surface area contributed by atoms with Gasteiger partial charge in [0.1, 0.15) is 5.82 Å². The summed E-state index contributed by atoms with van der Waals surface area (Å²) in [7, 11) is 34.8. The van der Waals surface area contributed by atoms with E-state index in [4.69, 9.17) is 51.5 Å². The van der Waals surface area contributed by atoms with Crippen molar-refractivity contribution in [1.29, 1.82) is 0 Å². The molecule has 0 bridgehead atoms. The van der Waals surface area contributed by atoms with E-state index in [-0.39, 0.29) is 17.9 Å². The molecule has 0 saturated heterocycles. The second kappa shape index (κ2) is 9.92. The standard InChI is InChI=1S/C22H21B6N5O2/c1-11-29-10-17(35-11)14-6-13-7-18(31-9-16(13)30-8-14)33-19(34)12-2-4-15(5-3-12)32-20(21(23,24)25)22(26,27)28/h6-10,12,15,20,32H,2-5H2,1H3,(H,31,33,34). The van der Waals surface area contributed by atoms with Gasteiger partial charge in [0.2, 0.25) is 5.91 Å². The molecule has 4 rings (SSSR count). The van der Waals surface area contributed by atoms with Crippen LogP contribution >= 0.6 is 0 Å². The third kappa shape index (κ3) is 6.24. The molecule has 13 heteroatoms. The molecule has 35 heavy (non-hydrogen) atoms. The van der Waals surface area contributed by atoms with Gasteiger partial charge in [0, 0.05) is 36.0 Å². The normalized spacial score (nSPS) is 19.1. The maximum atomic E-state index is 12.9. The molecule has 3 aromatic heterocycles. The molecule has 2 N–H and O–H groups in total. The highest BCUT2D eigenvalue weighted by Crippen LogP contribution is 2.34. The van der Waals surface area contributed by atoms with Crippen LogP contribution in [0.4, 0.5) is 5.82 Å². The highest BCUT2D eigenvalue weighted by molar-refractivity contribution is 6.64. The monoisotopic (exact) mass is 453 g/mol. The first kappa shape index (κ1) is 25.7. The van der Waals surface area contributed by atoms with Crippen molar-refractivity contribution in [3.05, 3.63) is 36.6 Å². The Labute approximate surface area is 213 Å². The van der Waals surface area contributed by atoms with Crippen LogP contribution in [-0.4, -0.2) is 80.0 Å². The molecule has 1 amide bonds. The summed E-state index contributed by atoms with van der Waals surface area (Å²) in [6.45, 7) is 1.78. The first-order valence-electron chi connectivity index (χ1n) is 11.4. The zero-order valence-corrected chi connectivity index (χ0v) is 19.6. The molecule has 164 valence electrons. The molecular formula is C22H21B6N5O2. The van der Waals surface area contributed by atoms with Gasteiger partial charge in [0.15, 0.2) is 11.7 Å². The van der Waals surface area contributed by atoms with Gasteiger partial charge >= 0.3 is 0 Å². The fourth-order valence-electron chi connectivity index (χ4n) is 4.44. The number of rotatable bonds is 7. The molecule has 3 aromatic rings. The van der Waals surface area contributed by atoms with E-state index < -0.39 is 16.3 Å². The molecule has 1 saturated carbocycles. The van der Waals surface area contributed by atoms with E-state index in [9.17, 15) is 4.79 Å². The minimum Gasteiger partial charge on any atom is -0.441 e. The van der Waals surface area contributed by atoms with E-state index in [0.29, 0.717) is 48.7 Å². The summed E-state index contributed by atoms with van der Waals surface area (Å²) in [5, 5.41) is 3.51. The molecular weight excluding hydrogens is 431 g/mol. The molecule has 0 spiro atoms. The van der Waals surface area contributed by atoms with Crippen LogP contribution in [0.3, 0.4) is 0 Å². The van der Waals surface area contributed by atoms with Crippen molar-refractivity contribution in [1.82, 2.24) is 20.3 Å². The second-order valence-electron chi connectivity index (χ2n) is 9.37. The Morgan fingerprint density at radius 1 is 0.971 bits per heavy atom. The summed E-state index contributed by atoms with van der Waals surface area (Å²) in [5.41, 5.74) is 1.49. The SMILES string of the molecule is [B]C([B])([B])C(NC1CCC(C(=O)Nc2cc3cc(-c4cnc(C)o4)cnc3cn2)CC1)C([B])([B])[B]. The number of hydrogen-bond acceptors (Lipinski definition) is 6. The van der Waals surface area contributed by atoms with Crippen molar-refractivity contribution in [3.63, 3.8) is 0 Å². The van der Waals surface area contributed by atoms with Crippen LogP contribution in [0.25, 0.3) is 22.2 Å². The molecule has 1 aliphatic carbocycles. The Balaban J connectivity index is 1.38. The topological polar surface area (TPSA) is 92.9 Å². The minimum absolute atomic E-state index is 0.0304. The molecule has 0 aliphatic heterocycles. The van der Waals surface area contributed by atoms with E-state index in [1.54, 1.807) is 31.6 Å². The summed E-state index contributed by atoms with van der Waals surface area (Å²) < 4.78 is 5.58. The highest BCUT2D eigenvalue weighted by Gasteiger charge is 2.35. The summed E-state index contributed by atoms with van der Waals surface area (Å²) in [6, 6.07) is 2.76. The summed E-state index contributed by atoms with van der Waals surface area (Å²) in [6.07, 6.45) is 7.61. The lowest BCUT2D eigenvalue weighted by Gasteiger charge is -2.47. The maximum absolute atomic E-state index is 12.9. The van der Waals surface area contributed by atoms with Crippen LogP contribution in [-0.2, 0) is 4.79 Å². The van der Waals surface area contributed by atoms with Crippen LogP contribution < -0.4 is 10.6 Å². The van der Waals surface area contributed by atoms with Crippen molar-refractivity contribution < 1.29 is 9.21 Å². The van der Waals surface area contributed by atoms with E-state index in [0.717, 1.165) is 10.9 Å². The lowest BCUT2D eigenvalue weighted by molar-refractivity contribution is -0.120. The number of pyridine rings is 2. The molecule has 0 aromatic carbocycles. The van der Waals surface area contributed by atoms with Crippen molar-refractivity contribution in [3.8, 4) is 11.3 Å². The third-order valence-corrected chi connectivity index (χ3v) is 6.23. The van der Waals surface area contributed by atoms with Crippen molar-refractivity contribution in [2.24, 2.45) is 5.92 Å². The predicted molar refractivity (Wildman–Crippen MR) is 141 cm³/mol. The van der Waals surface area contributed by atoms with Crippen LogP contribution in [0.1, 0.15) is 31.6 Å². The number of fused-ring (bicyclic) bond motifs is 1. The number of carbonyl (C=O) groups is 1. The van der Waals surface area contributed by atoms with E-state index in [1.165, 1.54) is 0 Å². The second-order valence-corrected chi connectivity index (χ2v) is 9.37. The smallest absolute Gasteiger partial charge is 0.228 e. The van der Waals surface area contributed by atoms with Gasteiger partial charge in [-0.15, -0.1) is 10.2 Å². The third-order valence-electron chi connectivity index (χ3n) is 6.23. The van der Waals surface area contributed by atoms with Crippen molar-refractivity contribution >= 4 is 69.7 Å². The number of carbonyl (C=O) groups excluding carboxylic acids is 1. The van der Waals surface area contributed by atoms with E-state index >= 15 is 0 Å². The number of oxazole rings is 1. The quantitative estimate of drug-likeness (QED) is 0.524. The van der Waals surface area contributed by atoms with Crippen LogP contribution in [0.15, 0.2) is 35.1 Å². The van der Waals surface area contributed by atoms with Gasteiger partial charge in [-0.1, -0.05) is 0 Å². The Morgan fingerprint density at radius 2 is 1.66 bits per heavy atom. The summed E-state index contributed by atoms with van der Waals surface area (Å²) in [5.74, 6) is 1.37. The lowest BCUT2D eigenvalue weighted by atomic mass is 9.27. The van der Waals surface area contributed by atoms with Gasteiger partial charge in [-0.05, 0) is 43.9 Å². The maximum Gasteiger partial charge on any atom is 0.228 e. The van der Waals surface area contributed by atoms with Gasteiger partial charge in [0.05, 0.1) is 65.0 Å². The number of nitrogens with zero attached hydrogens (tertiary/aromatic N) is 3. The molecule has 7 nitrogen and oxygen atoms in total. The van der Waals surface area contributed by atoms with Crippen molar-refractivity contribution in [2.45, 2.75) is 54.9 Å². The Bertz CT molecular complexity index is 1190. The van der Waals surface area contributed by atoms with Gasteiger partial charge in [-0.2, -0.15) is 0 Å². The highest BCUT2D eigenvalue weighted by atomic mass is 16.4. The molecule has 1 fully saturated rings. The van der Waals surface area contributed by atoms with Crippen LogP contribution in [0, 0.1) is 12.8 Å². The summed E-state index contributed by atoms with van der Waals surface area (Å²) in [4.78, 5) is 25.8. The lowest BCUT2D eigenvalue weighted by Crippen LogP contribution is -2.55. The predicted octanol–water partition coefficient (Wildman–Crippen LogP) is 1.21. The van der Waals surface area contributed by atoms with Crippen molar-refractivity contribution in [2.75, 3.05) is 5.32 Å². The molecule has 3 heterocycles.